The van der Waals surface area contributed by atoms with E-state index in [1.807, 2.05) is 4.90 Å². The first-order valence-corrected chi connectivity index (χ1v) is 9.80. The summed E-state index contributed by atoms with van der Waals surface area (Å²) in [6, 6.07) is 0.228. The number of nitrogens with one attached hydrogen (secondary N) is 1. The second-order valence-corrected chi connectivity index (χ2v) is 8.78. The van der Waals surface area contributed by atoms with Gasteiger partial charge in [-0.1, -0.05) is 25.2 Å². The van der Waals surface area contributed by atoms with Gasteiger partial charge in [-0.05, 0) is 38.0 Å². The lowest BCUT2D eigenvalue weighted by molar-refractivity contribution is -0.136. The zero-order chi connectivity index (χ0) is 18.2. The molecule has 7 nitrogen and oxygen atoms in total. The Labute approximate surface area is 152 Å². The minimum absolute atomic E-state index is 0.0215. The van der Waals surface area contributed by atoms with Crippen LogP contribution < -0.4 is 11.1 Å². The first-order valence-electron chi connectivity index (χ1n) is 8.98. The molecule has 2 fully saturated rings. The fraction of sp³-hybridized carbons (Fsp3) is 0.765. The zero-order valence-corrected chi connectivity index (χ0v) is 15.9. The SMILES string of the molecule is CC(=O)N1[C@@H]2CC[C@H]1[C@@](CCC(C)C)(C(=O)NCc1nnc(N)s1)C2. The first-order chi connectivity index (χ1) is 11.8. The number of anilines is 1. The van der Waals surface area contributed by atoms with E-state index >= 15 is 0 Å². The summed E-state index contributed by atoms with van der Waals surface area (Å²) >= 11 is 1.29. The van der Waals surface area contributed by atoms with E-state index in [0.29, 0.717) is 22.6 Å². The molecule has 0 unspecified atom stereocenters. The van der Waals surface area contributed by atoms with E-state index in [1.165, 1.54) is 11.3 Å². The highest BCUT2D eigenvalue weighted by Crippen LogP contribution is 2.52. The van der Waals surface area contributed by atoms with Crippen molar-refractivity contribution in [3.8, 4) is 0 Å². The molecule has 0 aliphatic carbocycles. The van der Waals surface area contributed by atoms with Crippen molar-refractivity contribution in [3.63, 3.8) is 0 Å². The molecule has 3 heterocycles. The number of fused-ring (bicyclic) bond motifs is 2. The van der Waals surface area contributed by atoms with Gasteiger partial charge in [0.25, 0.3) is 0 Å². The van der Waals surface area contributed by atoms with Gasteiger partial charge >= 0.3 is 0 Å². The standard InChI is InChI=1S/C17H27N5O2S/c1-10(2)6-7-17(8-12-4-5-13(17)22(12)11(3)23)15(24)19-9-14-20-21-16(18)25-14/h10,12-13H,4-9H2,1-3H3,(H2,18,21)(H,19,24)/t12-,13+,17+/m1/s1. The van der Waals surface area contributed by atoms with Crippen LogP contribution in [-0.2, 0) is 16.1 Å². The van der Waals surface area contributed by atoms with Crippen LogP contribution in [0.1, 0.15) is 57.9 Å². The number of rotatable bonds is 6. The number of nitrogens with two attached hydrogens (primary N) is 1. The van der Waals surface area contributed by atoms with Crippen LogP contribution in [0.2, 0.25) is 0 Å². The summed E-state index contributed by atoms with van der Waals surface area (Å²) in [6.45, 7) is 6.30. The summed E-state index contributed by atoms with van der Waals surface area (Å²) < 4.78 is 0. The molecule has 3 rings (SSSR count). The number of nitrogens with zero attached hydrogens (tertiary/aromatic N) is 3. The number of carbonyl (C=O) groups is 2. The molecular weight excluding hydrogens is 338 g/mol. The maximum absolute atomic E-state index is 13.2. The van der Waals surface area contributed by atoms with Gasteiger partial charge in [0.2, 0.25) is 16.9 Å². The minimum Gasteiger partial charge on any atom is -0.374 e. The van der Waals surface area contributed by atoms with Crippen LogP contribution in [-0.4, -0.2) is 39.0 Å². The van der Waals surface area contributed by atoms with E-state index < -0.39 is 5.41 Å². The van der Waals surface area contributed by atoms with Crippen LogP contribution in [0.3, 0.4) is 0 Å². The third-order valence-corrected chi connectivity index (χ3v) is 6.36. The summed E-state index contributed by atoms with van der Waals surface area (Å²) in [5, 5.41) is 11.9. The quantitative estimate of drug-likeness (QED) is 0.802. The van der Waals surface area contributed by atoms with Gasteiger partial charge in [-0.3, -0.25) is 9.59 Å². The Morgan fingerprint density at radius 3 is 2.72 bits per heavy atom. The summed E-state index contributed by atoms with van der Waals surface area (Å²) in [5.74, 6) is 0.654. The summed E-state index contributed by atoms with van der Waals surface area (Å²) in [6.07, 6.45) is 4.50. The second kappa shape index (κ2) is 6.90. The largest absolute Gasteiger partial charge is 0.374 e. The van der Waals surface area contributed by atoms with Crippen molar-refractivity contribution < 1.29 is 9.59 Å². The molecule has 25 heavy (non-hydrogen) atoms. The lowest BCUT2D eigenvalue weighted by Gasteiger charge is -2.36. The molecular formula is C17H27N5O2S. The predicted octanol–water partition coefficient (Wildman–Crippen LogP) is 1.94. The molecule has 138 valence electrons. The normalized spacial score (nSPS) is 27.9. The Morgan fingerprint density at radius 2 is 2.16 bits per heavy atom. The van der Waals surface area contributed by atoms with Crippen LogP contribution in [0.4, 0.5) is 5.13 Å². The van der Waals surface area contributed by atoms with E-state index in [0.717, 1.165) is 32.1 Å². The molecule has 2 saturated heterocycles. The van der Waals surface area contributed by atoms with E-state index in [9.17, 15) is 9.59 Å². The summed E-state index contributed by atoms with van der Waals surface area (Å²) in [5.41, 5.74) is 5.13. The van der Waals surface area contributed by atoms with E-state index in [-0.39, 0.29) is 23.9 Å². The van der Waals surface area contributed by atoms with Crippen LogP contribution in [0, 0.1) is 11.3 Å². The highest BCUT2D eigenvalue weighted by atomic mass is 32.1. The maximum atomic E-state index is 13.2. The van der Waals surface area contributed by atoms with Gasteiger partial charge in [0.15, 0.2) is 0 Å². The zero-order valence-electron chi connectivity index (χ0n) is 15.1. The second-order valence-electron chi connectivity index (χ2n) is 7.68. The van der Waals surface area contributed by atoms with Gasteiger partial charge in [0.1, 0.15) is 5.01 Å². The Hall–Kier alpha value is -1.70. The van der Waals surface area contributed by atoms with Gasteiger partial charge < -0.3 is 16.0 Å². The van der Waals surface area contributed by atoms with Gasteiger partial charge in [-0.15, -0.1) is 10.2 Å². The molecule has 2 bridgehead atoms. The van der Waals surface area contributed by atoms with Crippen molar-refractivity contribution in [1.82, 2.24) is 20.4 Å². The van der Waals surface area contributed by atoms with Crippen LogP contribution >= 0.6 is 11.3 Å². The average molecular weight is 366 g/mol. The van der Waals surface area contributed by atoms with Gasteiger partial charge in [-0.25, -0.2) is 0 Å². The van der Waals surface area contributed by atoms with Crippen molar-refractivity contribution in [1.29, 1.82) is 0 Å². The monoisotopic (exact) mass is 365 g/mol. The van der Waals surface area contributed by atoms with Crippen molar-refractivity contribution in [3.05, 3.63) is 5.01 Å². The molecule has 0 spiro atoms. The Bertz CT molecular complexity index is 661. The number of aromatic nitrogens is 2. The highest BCUT2D eigenvalue weighted by Gasteiger charge is 2.60. The maximum Gasteiger partial charge on any atom is 0.228 e. The van der Waals surface area contributed by atoms with E-state index in [2.05, 4.69) is 29.4 Å². The molecule has 3 N–H and O–H groups in total. The summed E-state index contributed by atoms with van der Waals surface area (Å²) in [7, 11) is 0. The Balaban J connectivity index is 1.77. The van der Waals surface area contributed by atoms with Gasteiger partial charge in [-0.2, -0.15) is 0 Å². The van der Waals surface area contributed by atoms with Gasteiger partial charge in [0, 0.05) is 19.0 Å². The molecule has 1 aromatic heterocycles. The van der Waals surface area contributed by atoms with Crippen LogP contribution in [0.15, 0.2) is 0 Å². The molecule has 0 aromatic carbocycles. The smallest absolute Gasteiger partial charge is 0.228 e. The lowest BCUT2D eigenvalue weighted by atomic mass is 9.69. The van der Waals surface area contributed by atoms with E-state index in [1.54, 1.807) is 6.92 Å². The lowest BCUT2D eigenvalue weighted by Crippen LogP contribution is -2.49. The molecule has 3 atom stereocenters. The van der Waals surface area contributed by atoms with Crippen LogP contribution in [0.5, 0.6) is 0 Å². The molecule has 1 aromatic rings. The number of nitrogen functional groups attached to an aromatic ring is 1. The van der Waals surface area contributed by atoms with Gasteiger partial charge in [0.05, 0.1) is 12.0 Å². The fourth-order valence-electron chi connectivity index (χ4n) is 4.50. The number of hydrogen-bond acceptors (Lipinski definition) is 6. The molecule has 2 amide bonds. The predicted molar refractivity (Wildman–Crippen MR) is 96.6 cm³/mol. The molecule has 8 heteroatoms. The first kappa shape index (κ1) is 18.1. The molecule has 2 aliphatic rings. The van der Waals surface area contributed by atoms with E-state index in [4.69, 9.17) is 5.73 Å². The number of hydrogen-bond donors (Lipinski definition) is 2. The van der Waals surface area contributed by atoms with Crippen molar-refractivity contribution in [2.24, 2.45) is 11.3 Å². The fourth-order valence-corrected chi connectivity index (χ4v) is 5.05. The van der Waals surface area contributed by atoms with Crippen molar-refractivity contribution in [2.75, 3.05) is 5.73 Å². The minimum atomic E-state index is -0.477. The Morgan fingerprint density at radius 1 is 1.40 bits per heavy atom. The number of amides is 2. The third-order valence-electron chi connectivity index (χ3n) is 5.61. The van der Waals surface area contributed by atoms with Crippen molar-refractivity contribution in [2.45, 2.75) is 71.5 Å². The number of carbonyl (C=O) groups excluding carboxylic acids is 2. The third kappa shape index (κ3) is 3.36. The van der Waals surface area contributed by atoms with Crippen molar-refractivity contribution >= 4 is 28.3 Å². The summed E-state index contributed by atoms with van der Waals surface area (Å²) in [4.78, 5) is 27.3. The topological polar surface area (TPSA) is 101 Å². The highest BCUT2D eigenvalue weighted by molar-refractivity contribution is 7.15. The Kier molecular flexibility index (Phi) is 4.99. The van der Waals surface area contributed by atoms with Crippen LogP contribution in [0.25, 0.3) is 0 Å². The average Bonchev–Trinajstić information content (AvgIpc) is 3.23. The molecule has 2 aliphatic heterocycles. The molecule has 0 radical (unpaired) electrons. The molecule has 0 saturated carbocycles.